The Bertz CT molecular complexity index is 587. The molecule has 0 aliphatic heterocycles. The van der Waals surface area contributed by atoms with E-state index < -0.39 is 0 Å². The smallest absolute Gasteiger partial charge is 0.254 e. The standard InChI is InChI=1S/C19H26N2O3/c1-24-17-10-4-14(5-11-17)19(23)21(16-8-9-16)15-6-2-13(3-7-15)12-18(20)22/h4-5,10-11,13,15-16H,2-3,6-9,12H2,1H3,(H2,20,22). The van der Waals surface area contributed by atoms with Gasteiger partial charge >= 0.3 is 0 Å². The molecule has 3 rings (SSSR count). The number of primary amides is 1. The minimum atomic E-state index is -0.216. The van der Waals surface area contributed by atoms with Crippen LogP contribution in [0.4, 0.5) is 0 Å². The first-order valence-corrected chi connectivity index (χ1v) is 8.83. The van der Waals surface area contributed by atoms with Crippen molar-refractivity contribution in [3.63, 3.8) is 0 Å². The van der Waals surface area contributed by atoms with Crippen LogP contribution < -0.4 is 10.5 Å². The van der Waals surface area contributed by atoms with E-state index in [2.05, 4.69) is 4.90 Å². The van der Waals surface area contributed by atoms with Crippen LogP contribution >= 0.6 is 0 Å². The molecule has 130 valence electrons. The van der Waals surface area contributed by atoms with Crippen molar-refractivity contribution in [3.8, 4) is 5.75 Å². The lowest BCUT2D eigenvalue weighted by molar-refractivity contribution is -0.119. The van der Waals surface area contributed by atoms with Crippen LogP contribution in [0.2, 0.25) is 0 Å². The Labute approximate surface area is 143 Å². The Hall–Kier alpha value is -2.04. The lowest BCUT2D eigenvalue weighted by atomic mass is 9.83. The normalized spacial score (nSPS) is 23.5. The summed E-state index contributed by atoms with van der Waals surface area (Å²) in [6, 6.07) is 8.03. The molecule has 0 heterocycles. The quantitative estimate of drug-likeness (QED) is 0.871. The summed E-state index contributed by atoms with van der Waals surface area (Å²) in [5.41, 5.74) is 6.03. The molecule has 0 unspecified atom stereocenters. The summed E-state index contributed by atoms with van der Waals surface area (Å²) < 4.78 is 5.17. The summed E-state index contributed by atoms with van der Waals surface area (Å²) in [6.45, 7) is 0. The highest BCUT2D eigenvalue weighted by Crippen LogP contribution is 2.37. The van der Waals surface area contributed by atoms with Crippen LogP contribution in [0.1, 0.15) is 55.3 Å². The van der Waals surface area contributed by atoms with Gasteiger partial charge in [0.1, 0.15) is 5.75 Å². The lowest BCUT2D eigenvalue weighted by Gasteiger charge is -2.37. The van der Waals surface area contributed by atoms with Gasteiger partial charge in [-0.2, -0.15) is 0 Å². The monoisotopic (exact) mass is 330 g/mol. The third-order valence-corrected chi connectivity index (χ3v) is 5.21. The van der Waals surface area contributed by atoms with Gasteiger partial charge < -0.3 is 15.4 Å². The molecule has 2 saturated carbocycles. The summed E-state index contributed by atoms with van der Waals surface area (Å²) in [4.78, 5) is 26.2. The molecule has 2 aliphatic carbocycles. The van der Waals surface area contributed by atoms with Gasteiger partial charge in [0, 0.05) is 24.1 Å². The van der Waals surface area contributed by atoms with Crippen LogP contribution in [-0.4, -0.2) is 35.9 Å². The minimum absolute atomic E-state index is 0.124. The first-order chi connectivity index (χ1) is 11.6. The molecule has 2 fully saturated rings. The van der Waals surface area contributed by atoms with E-state index in [0.29, 0.717) is 18.4 Å². The summed E-state index contributed by atoms with van der Waals surface area (Å²) in [5, 5.41) is 0. The Morgan fingerprint density at radius 1 is 1.04 bits per heavy atom. The van der Waals surface area contributed by atoms with Crippen LogP contribution in [0, 0.1) is 5.92 Å². The van der Waals surface area contributed by atoms with E-state index in [1.165, 1.54) is 0 Å². The number of rotatable bonds is 6. The lowest BCUT2D eigenvalue weighted by Crippen LogP contribution is -2.44. The van der Waals surface area contributed by atoms with Gasteiger partial charge in [0.25, 0.3) is 5.91 Å². The van der Waals surface area contributed by atoms with Crippen LogP contribution in [0.5, 0.6) is 5.75 Å². The number of hydrogen-bond donors (Lipinski definition) is 1. The predicted molar refractivity (Wildman–Crippen MR) is 91.7 cm³/mol. The van der Waals surface area contributed by atoms with Gasteiger partial charge in [-0.15, -0.1) is 0 Å². The van der Waals surface area contributed by atoms with Crippen molar-refractivity contribution < 1.29 is 14.3 Å². The van der Waals surface area contributed by atoms with Gasteiger partial charge in [0.2, 0.25) is 5.91 Å². The maximum Gasteiger partial charge on any atom is 0.254 e. The number of hydrogen-bond acceptors (Lipinski definition) is 3. The second kappa shape index (κ2) is 7.24. The maximum absolute atomic E-state index is 13.0. The fourth-order valence-electron chi connectivity index (χ4n) is 3.78. The Kier molecular flexibility index (Phi) is 5.07. The number of methoxy groups -OCH3 is 1. The molecule has 0 aromatic heterocycles. The van der Waals surface area contributed by atoms with Crippen LogP contribution in [0.25, 0.3) is 0 Å². The van der Waals surface area contributed by atoms with Gasteiger partial charge in [-0.1, -0.05) is 0 Å². The van der Waals surface area contributed by atoms with Crippen molar-refractivity contribution in [1.82, 2.24) is 4.90 Å². The van der Waals surface area contributed by atoms with Crippen LogP contribution in [-0.2, 0) is 4.79 Å². The van der Waals surface area contributed by atoms with E-state index in [0.717, 1.165) is 49.8 Å². The first-order valence-electron chi connectivity index (χ1n) is 8.83. The molecular weight excluding hydrogens is 304 g/mol. The Morgan fingerprint density at radius 3 is 2.04 bits per heavy atom. The highest BCUT2D eigenvalue weighted by Gasteiger charge is 2.39. The van der Waals surface area contributed by atoms with Gasteiger partial charge in [-0.25, -0.2) is 0 Å². The molecule has 1 aromatic rings. The number of amides is 2. The zero-order valence-corrected chi connectivity index (χ0v) is 14.2. The Balaban J connectivity index is 1.66. The van der Waals surface area contributed by atoms with Gasteiger partial charge in [0.05, 0.1) is 7.11 Å². The average Bonchev–Trinajstić information content (AvgIpc) is 3.41. The topological polar surface area (TPSA) is 72.6 Å². The number of nitrogens with zero attached hydrogens (tertiary/aromatic N) is 1. The second-order valence-corrected chi connectivity index (χ2v) is 7.02. The van der Waals surface area contributed by atoms with E-state index >= 15 is 0 Å². The van der Waals surface area contributed by atoms with Crippen molar-refractivity contribution in [2.45, 2.75) is 57.0 Å². The van der Waals surface area contributed by atoms with E-state index in [1.807, 2.05) is 24.3 Å². The zero-order chi connectivity index (χ0) is 17.1. The fraction of sp³-hybridized carbons (Fsp3) is 0.579. The molecule has 0 bridgehead atoms. The van der Waals surface area contributed by atoms with Crippen molar-refractivity contribution in [2.24, 2.45) is 11.7 Å². The maximum atomic E-state index is 13.0. The summed E-state index contributed by atoms with van der Waals surface area (Å²) >= 11 is 0. The molecule has 0 saturated heterocycles. The number of carbonyl (C=O) groups is 2. The molecule has 2 amide bonds. The largest absolute Gasteiger partial charge is 0.497 e. The fourth-order valence-corrected chi connectivity index (χ4v) is 3.78. The molecular formula is C19H26N2O3. The molecule has 2 N–H and O–H groups in total. The molecule has 1 aromatic carbocycles. The summed E-state index contributed by atoms with van der Waals surface area (Å²) in [7, 11) is 1.62. The van der Waals surface area contributed by atoms with Crippen molar-refractivity contribution in [2.75, 3.05) is 7.11 Å². The molecule has 0 radical (unpaired) electrons. The van der Waals surface area contributed by atoms with E-state index in [1.54, 1.807) is 7.11 Å². The zero-order valence-electron chi connectivity index (χ0n) is 14.2. The molecule has 24 heavy (non-hydrogen) atoms. The molecule has 5 nitrogen and oxygen atoms in total. The minimum Gasteiger partial charge on any atom is -0.497 e. The van der Waals surface area contributed by atoms with E-state index in [4.69, 9.17) is 10.5 Å². The van der Waals surface area contributed by atoms with Gasteiger partial charge in [-0.05, 0) is 68.7 Å². The number of nitrogens with two attached hydrogens (primary N) is 1. The average molecular weight is 330 g/mol. The first kappa shape index (κ1) is 16.8. The molecule has 0 spiro atoms. The molecule has 2 aliphatic rings. The van der Waals surface area contributed by atoms with Crippen LogP contribution in [0.15, 0.2) is 24.3 Å². The van der Waals surface area contributed by atoms with Crippen LogP contribution in [0.3, 0.4) is 0 Å². The van der Waals surface area contributed by atoms with Crippen molar-refractivity contribution in [1.29, 1.82) is 0 Å². The highest BCUT2D eigenvalue weighted by molar-refractivity contribution is 5.95. The predicted octanol–water partition coefficient (Wildman–Crippen LogP) is 2.73. The van der Waals surface area contributed by atoms with Gasteiger partial charge in [-0.3, -0.25) is 9.59 Å². The molecule has 5 heteroatoms. The number of ether oxygens (including phenoxy) is 1. The van der Waals surface area contributed by atoms with E-state index in [-0.39, 0.29) is 17.9 Å². The second-order valence-electron chi connectivity index (χ2n) is 7.02. The highest BCUT2D eigenvalue weighted by atomic mass is 16.5. The Morgan fingerprint density at radius 2 is 1.58 bits per heavy atom. The number of benzene rings is 1. The third-order valence-electron chi connectivity index (χ3n) is 5.21. The molecule has 0 atom stereocenters. The number of carbonyl (C=O) groups excluding carboxylic acids is 2. The SMILES string of the molecule is COc1ccc(C(=O)N(C2CCC(CC(N)=O)CC2)C2CC2)cc1. The van der Waals surface area contributed by atoms with Crippen molar-refractivity contribution in [3.05, 3.63) is 29.8 Å². The third kappa shape index (κ3) is 3.89. The van der Waals surface area contributed by atoms with Gasteiger partial charge in [0.15, 0.2) is 0 Å². The van der Waals surface area contributed by atoms with Crippen molar-refractivity contribution >= 4 is 11.8 Å². The summed E-state index contributed by atoms with van der Waals surface area (Å²) in [6.07, 6.45) is 6.57. The van der Waals surface area contributed by atoms with E-state index in [9.17, 15) is 9.59 Å². The summed E-state index contributed by atoms with van der Waals surface area (Å²) in [5.74, 6) is 1.05.